The quantitative estimate of drug-likeness (QED) is 0.317. The van der Waals surface area contributed by atoms with E-state index in [1.54, 1.807) is 0 Å². The second kappa shape index (κ2) is 11.0. The van der Waals surface area contributed by atoms with Gasteiger partial charge in [-0.3, -0.25) is 4.48 Å². The first-order valence-electron chi connectivity index (χ1n) is 9.41. The van der Waals surface area contributed by atoms with Crippen molar-refractivity contribution in [2.75, 3.05) is 19.6 Å². The molecule has 0 bridgehead atoms. The van der Waals surface area contributed by atoms with Crippen LogP contribution in [0, 0.1) is 0 Å². The van der Waals surface area contributed by atoms with Gasteiger partial charge in [-0.05, 0) is 39.0 Å². The van der Waals surface area contributed by atoms with Crippen LogP contribution in [0.3, 0.4) is 0 Å². The van der Waals surface area contributed by atoms with E-state index in [9.17, 15) is 5.11 Å². The summed E-state index contributed by atoms with van der Waals surface area (Å²) in [4.78, 5) is 4.67. The Morgan fingerprint density at radius 1 is 1.09 bits per heavy atom. The number of aliphatic hydroxyl groups is 1. The molecule has 1 aliphatic rings. The standard InChI is InChI=1S/C19H37N2O/c1-4-6-7-8-9-10-11-12-13-14-15-19-20-16-17-21(19,5-2)18(3)22/h10-11,18,22H,4-9,12-17H2,1-3H3/q+1/b11-10+. The summed E-state index contributed by atoms with van der Waals surface area (Å²) >= 11 is 0. The van der Waals surface area contributed by atoms with Crippen LogP contribution >= 0.6 is 0 Å². The highest BCUT2D eigenvalue weighted by Gasteiger charge is 2.40. The molecule has 0 saturated heterocycles. The van der Waals surface area contributed by atoms with Gasteiger partial charge in [0.05, 0.1) is 13.1 Å². The van der Waals surface area contributed by atoms with E-state index in [4.69, 9.17) is 0 Å². The van der Waals surface area contributed by atoms with Crippen LogP contribution in [-0.2, 0) is 0 Å². The molecule has 2 atom stereocenters. The van der Waals surface area contributed by atoms with Crippen molar-refractivity contribution >= 4 is 5.84 Å². The van der Waals surface area contributed by atoms with Crippen molar-refractivity contribution in [3.8, 4) is 0 Å². The number of hydrogen-bond acceptors (Lipinski definition) is 2. The molecule has 1 aliphatic heterocycles. The number of quaternary nitrogens is 1. The molecule has 1 heterocycles. The Bertz CT molecular complexity index is 349. The average Bonchev–Trinajstić information content (AvgIpc) is 2.93. The Morgan fingerprint density at radius 2 is 1.77 bits per heavy atom. The number of allylic oxidation sites excluding steroid dienone is 2. The highest BCUT2D eigenvalue weighted by Crippen LogP contribution is 2.22. The number of rotatable bonds is 12. The lowest BCUT2D eigenvalue weighted by Gasteiger charge is -2.36. The van der Waals surface area contributed by atoms with Gasteiger partial charge in [-0.25, -0.2) is 4.99 Å². The summed E-state index contributed by atoms with van der Waals surface area (Å²) in [5, 5.41) is 10.1. The predicted octanol–water partition coefficient (Wildman–Crippen LogP) is 4.66. The topological polar surface area (TPSA) is 32.6 Å². The van der Waals surface area contributed by atoms with Crippen LogP contribution in [0.4, 0.5) is 0 Å². The molecule has 3 nitrogen and oxygen atoms in total. The van der Waals surface area contributed by atoms with Crippen molar-refractivity contribution in [3.63, 3.8) is 0 Å². The van der Waals surface area contributed by atoms with Gasteiger partial charge < -0.3 is 5.11 Å². The second-order valence-electron chi connectivity index (χ2n) is 6.57. The van der Waals surface area contributed by atoms with E-state index in [1.807, 2.05) is 6.92 Å². The summed E-state index contributed by atoms with van der Waals surface area (Å²) in [6.07, 6.45) is 15.7. The lowest BCUT2D eigenvalue weighted by molar-refractivity contribution is -0.882. The minimum atomic E-state index is -0.325. The minimum Gasteiger partial charge on any atom is -0.345 e. The van der Waals surface area contributed by atoms with Gasteiger partial charge in [-0.15, -0.1) is 0 Å². The number of amidine groups is 1. The van der Waals surface area contributed by atoms with Crippen molar-refractivity contribution in [1.29, 1.82) is 0 Å². The fourth-order valence-corrected chi connectivity index (χ4v) is 3.41. The van der Waals surface area contributed by atoms with E-state index < -0.39 is 0 Å². The zero-order valence-corrected chi connectivity index (χ0v) is 15.1. The number of aliphatic imine (C=N–C) groups is 1. The molecule has 0 aromatic rings. The Morgan fingerprint density at radius 3 is 2.36 bits per heavy atom. The zero-order chi connectivity index (χ0) is 16.3. The van der Waals surface area contributed by atoms with Gasteiger partial charge in [0.15, 0.2) is 6.23 Å². The molecule has 0 aliphatic carbocycles. The molecule has 0 saturated carbocycles. The van der Waals surface area contributed by atoms with Crippen LogP contribution in [0.25, 0.3) is 0 Å². The molecular weight excluding hydrogens is 272 g/mol. The molecule has 0 fully saturated rings. The van der Waals surface area contributed by atoms with Crippen molar-refractivity contribution in [3.05, 3.63) is 12.2 Å². The van der Waals surface area contributed by atoms with Gasteiger partial charge in [-0.2, -0.15) is 0 Å². The van der Waals surface area contributed by atoms with Crippen LogP contribution in [0.5, 0.6) is 0 Å². The third-order valence-corrected chi connectivity index (χ3v) is 5.00. The van der Waals surface area contributed by atoms with Crippen LogP contribution < -0.4 is 0 Å². The Hall–Kier alpha value is -0.670. The first kappa shape index (κ1) is 19.4. The summed E-state index contributed by atoms with van der Waals surface area (Å²) in [5.41, 5.74) is 0. The van der Waals surface area contributed by atoms with E-state index in [0.29, 0.717) is 4.48 Å². The van der Waals surface area contributed by atoms with Crippen LogP contribution in [0.2, 0.25) is 0 Å². The van der Waals surface area contributed by atoms with E-state index in [2.05, 4.69) is 31.0 Å². The van der Waals surface area contributed by atoms with Gasteiger partial charge in [0.25, 0.3) is 0 Å². The molecule has 128 valence electrons. The molecule has 0 aromatic heterocycles. The van der Waals surface area contributed by atoms with E-state index in [0.717, 1.165) is 26.1 Å². The number of hydrogen-bond donors (Lipinski definition) is 1. The molecule has 1 N–H and O–H groups in total. The van der Waals surface area contributed by atoms with Gasteiger partial charge in [0, 0.05) is 13.3 Å². The maximum atomic E-state index is 10.1. The number of unbranched alkanes of at least 4 members (excludes halogenated alkanes) is 6. The highest BCUT2D eigenvalue weighted by atomic mass is 16.3. The lowest BCUT2D eigenvalue weighted by Crippen LogP contribution is -2.56. The summed E-state index contributed by atoms with van der Waals surface area (Å²) in [6.45, 7) is 9.13. The van der Waals surface area contributed by atoms with Crippen LogP contribution in [0.1, 0.15) is 78.6 Å². The number of likely N-dealkylation sites (N-methyl/N-ethyl adjacent to an activating group) is 1. The fraction of sp³-hybridized carbons (Fsp3) is 0.842. The number of aliphatic hydroxyl groups excluding tert-OH is 1. The summed E-state index contributed by atoms with van der Waals surface area (Å²) in [6, 6.07) is 0. The van der Waals surface area contributed by atoms with E-state index in [-0.39, 0.29) is 6.23 Å². The molecule has 22 heavy (non-hydrogen) atoms. The monoisotopic (exact) mass is 309 g/mol. The smallest absolute Gasteiger partial charge is 0.200 e. The second-order valence-corrected chi connectivity index (χ2v) is 6.57. The van der Waals surface area contributed by atoms with Crippen molar-refractivity contribution in [2.45, 2.75) is 84.8 Å². The van der Waals surface area contributed by atoms with Crippen molar-refractivity contribution in [1.82, 2.24) is 0 Å². The summed E-state index contributed by atoms with van der Waals surface area (Å²) < 4.78 is 0.702. The third kappa shape index (κ3) is 5.85. The zero-order valence-electron chi connectivity index (χ0n) is 15.1. The molecular formula is C19H37N2O+. The molecule has 1 rings (SSSR count). The van der Waals surface area contributed by atoms with Crippen LogP contribution in [-0.4, -0.2) is 41.3 Å². The highest BCUT2D eigenvalue weighted by molar-refractivity contribution is 5.76. The normalized spacial score (nSPS) is 23.2. The first-order chi connectivity index (χ1) is 10.7. The van der Waals surface area contributed by atoms with Crippen molar-refractivity contribution < 1.29 is 9.59 Å². The number of nitrogens with zero attached hydrogens (tertiary/aromatic N) is 2. The third-order valence-electron chi connectivity index (χ3n) is 5.00. The lowest BCUT2D eigenvalue weighted by atomic mass is 10.1. The molecule has 0 aromatic carbocycles. The minimum absolute atomic E-state index is 0.325. The molecule has 0 radical (unpaired) electrons. The summed E-state index contributed by atoms with van der Waals surface area (Å²) in [7, 11) is 0. The van der Waals surface area contributed by atoms with Gasteiger partial charge >= 0.3 is 0 Å². The molecule has 0 amide bonds. The predicted molar refractivity (Wildman–Crippen MR) is 96.0 cm³/mol. The summed E-state index contributed by atoms with van der Waals surface area (Å²) in [5.74, 6) is 1.22. The molecule has 0 spiro atoms. The Labute approximate surface area is 137 Å². The van der Waals surface area contributed by atoms with E-state index >= 15 is 0 Å². The molecule has 2 unspecified atom stereocenters. The SMILES string of the molecule is CCCCCC/C=C/CCCCC1=NCC[N+]1(CC)C(C)O. The molecule has 3 heteroatoms. The van der Waals surface area contributed by atoms with Crippen molar-refractivity contribution in [2.24, 2.45) is 4.99 Å². The maximum absolute atomic E-state index is 10.1. The van der Waals surface area contributed by atoms with Gasteiger partial charge in [-0.1, -0.05) is 38.3 Å². The Balaban J connectivity index is 2.15. The average molecular weight is 310 g/mol. The first-order valence-corrected chi connectivity index (χ1v) is 9.41. The fourth-order valence-electron chi connectivity index (χ4n) is 3.41. The van der Waals surface area contributed by atoms with E-state index in [1.165, 1.54) is 57.2 Å². The largest absolute Gasteiger partial charge is 0.345 e. The Kier molecular flexibility index (Phi) is 9.65. The van der Waals surface area contributed by atoms with Gasteiger partial charge in [0.1, 0.15) is 6.54 Å². The maximum Gasteiger partial charge on any atom is 0.200 e. The van der Waals surface area contributed by atoms with Crippen LogP contribution in [0.15, 0.2) is 17.1 Å². The van der Waals surface area contributed by atoms with Gasteiger partial charge in [0.2, 0.25) is 5.84 Å².